The van der Waals surface area contributed by atoms with Crippen LogP contribution in [0.25, 0.3) is 0 Å². The van der Waals surface area contributed by atoms with Gasteiger partial charge in [-0.1, -0.05) is 11.6 Å². The van der Waals surface area contributed by atoms with E-state index in [0.29, 0.717) is 0 Å². The molecule has 8 heteroatoms. The minimum Gasteiger partial charge on any atom is -0.478 e. The van der Waals surface area contributed by atoms with E-state index in [-0.39, 0.29) is 22.7 Å². The number of benzene rings is 1. The minimum atomic E-state index is -1.42. The van der Waals surface area contributed by atoms with Gasteiger partial charge < -0.3 is 25.4 Å². The monoisotopic (exact) mass is 345 g/mol. The molecule has 0 saturated heterocycles. The molecule has 2 atom stereocenters. The molecule has 0 aliphatic carbocycles. The summed E-state index contributed by atoms with van der Waals surface area (Å²) >= 11 is 5.80. The first-order chi connectivity index (χ1) is 10.5. The van der Waals surface area contributed by atoms with Crippen LogP contribution < -0.4 is 5.32 Å². The first kappa shape index (κ1) is 19.2. The number of rotatable bonds is 5. The van der Waals surface area contributed by atoms with Gasteiger partial charge >= 0.3 is 12.1 Å². The molecule has 0 aliphatic rings. The van der Waals surface area contributed by atoms with Gasteiger partial charge in [0, 0.05) is 11.6 Å². The van der Waals surface area contributed by atoms with Crippen molar-refractivity contribution in [2.75, 3.05) is 6.54 Å². The summed E-state index contributed by atoms with van der Waals surface area (Å²) in [7, 11) is 0. The number of nitrogens with one attached hydrogen (secondary N) is 1. The topological polar surface area (TPSA) is 116 Å². The normalized spacial score (nSPS) is 14.0. The van der Waals surface area contributed by atoms with Crippen LogP contribution in [0.2, 0.25) is 5.02 Å². The van der Waals surface area contributed by atoms with Gasteiger partial charge in [0.25, 0.3) is 0 Å². The van der Waals surface area contributed by atoms with E-state index >= 15 is 0 Å². The summed E-state index contributed by atoms with van der Waals surface area (Å²) in [5, 5.41) is 31.4. The molecule has 1 aromatic carbocycles. The summed E-state index contributed by atoms with van der Waals surface area (Å²) in [4.78, 5) is 22.5. The van der Waals surface area contributed by atoms with Crippen molar-refractivity contribution in [3.63, 3.8) is 0 Å². The lowest BCUT2D eigenvalue weighted by atomic mass is 10.0. The fourth-order valence-corrected chi connectivity index (χ4v) is 1.99. The van der Waals surface area contributed by atoms with E-state index in [1.165, 1.54) is 18.2 Å². The molecule has 0 aliphatic heterocycles. The summed E-state index contributed by atoms with van der Waals surface area (Å²) in [6.45, 7) is 4.80. The second-order valence-electron chi connectivity index (χ2n) is 5.97. The number of alkyl carbamates (subject to hydrolysis) is 1. The van der Waals surface area contributed by atoms with E-state index in [4.69, 9.17) is 21.4 Å². The SMILES string of the molecule is CC(C)(C)OC(=O)NCC(O)C(O)c1cc(Cl)cc(C(=O)O)c1. The van der Waals surface area contributed by atoms with Crippen molar-refractivity contribution in [2.45, 2.75) is 38.6 Å². The Bertz CT molecular complexity index is 584. The Morgan fingerprint density at radius 3 is 2.39 bits per heavy atom. The number of aliphatic hydroxyl groups excluding tert-OH is 2. The highest BCUT2D eigenvalue weighted by atomic mass is 35.5. The fraction of sp³-hybridized carbons (Fsp3) is 0.467. The lowest BCUT2D eigenvalue weighted by Gasteiger charge is -2.22. The van der Waals surface area contributed by atoms with Crippen molar-refractivity contribution >= 4 is 23.7 Å². The molecule has 23 heavy (non-hydrogen) atoms. The van der Waals surface area contributed by atoms with Crippen LogP contribution in [0.4, 0.5) is 4.79 Å². The lowest BCUT2D eigenvalue weighted by molar-refractivity contribution is 0.0129. The second-order valence-corrected chi connectivity index (χ2v) is 6.41. The Kier molecular flexibility index (Phi) is 6.37. The van der Waals surface area contributed by atoms with Gasteiger partial charge in [0.2, 0.25) is 0 Å². The Hall–Kier alpha value is -1.83. The zero-order valence-corrected chi connectivity index (χ0v) is 13.8. The maximum absolute atomic E-state index is 11.5. The molecule has 7 nitrogen and oxygen atoms in total. The van der Waals surface area contributed by atoms with Crippen LogP contribution in [0.5, 0.6) is 0 Å². The standard InChI is InChI=1S/C15H20ClNO6/c1-15(2,3)23-14(22)17-7-11(18)12(19)8-4-9(13(20)21)6-10(16)5-8/h4-6,11-12,18-19H,7H2,1-3H3,(H,17,22)(H,20,21). The molecule has 4 N–H and O–H groups in total. The zero-order valence-electron chi connectivity index (χ0n) is 13.0. The molecule has 0 aromatic heterocycles. The quantitative estimate of drug-likeness (QED) is 0.648. The maximum Gasteiger partial charge on any atom is 0.407 e. The predicted molar refractivity (Wildman–Crippen MR) is 83.6 cm³/mol. The zero-order chi connectivity index (χ0) is 17.8. The molecule has 1 aromatic rings. The number of hydrogen-bond acceptors (Lipinski definition) is 5. The molecular weight excluding hydrogens is 326 g/mol. The third-order valence-corrected chi connectivity index (χ3v) is 2.95. The number of halogens is 1. The van der Waals surface area contributed by atoms with Gasteiger partial charge in [-0.2, -0.15) is 0 Å². The van der Waals surface area contributed by atoms with E-state index < -0.39 is 29.9 Å². The van der Waals surface area contributed by atoms with E-state index in [1.54, 1.807) is 20.8 Å². The van der Waals surface area contributed by atoms with Gasteiger partial charge in [0.15, 0.2) is 0 Å². The number of hydrogen-bond donors (Lipinski definition) is 4. The summed E-state index contributed by atoms with van der Waals surface area (Å²) in [6.07, 6.45) is -3.51. The fourth-order valence-electron chi connectivity index (χ4n) is 1.74. The van der Waals surface area contributed by atoms with Crippen LogP contribution in [0, 0.1) is 0 Å². The average Bonchev–Trinajstić information content (AvgIpc) is 2.41. The Morgan fingerprint density at radius 2 is 1.87 bits per heavy atom. The molecule has 1 amide bonds. The van der Waals surface area contributed by atoms with Crippen molar-refractivity contribution in [1.82, 2.24) is 5.32 Å². The number of aromatic carboxylic acids is 1. The highest BCUT2D eigenvalue weighted by molar-refractivity contribution is 6.31. The van der Waals surface area contributed by atoms with Gasteiger partial charge in [-0.25, -0.2) is 9.59 Å². The Morgan fingerprint density at radius 1 is 1.26 bits per heavy atom. The summed E-state index contributed by atoms with van der Waals surface area (Å²) in [5.74, 6) is -1.21. The van der Waals surface area contributed by atoms with Crippen molar-refractivity contribution in [3.05, 3.63) is 34.3 Å². The number of aliphatic hydroxyl groups is 2. The number of carboxylic acids is 1. The summed E-state index contributed by atoms with van der Waals surface area (Å²) < 4.78 is 5.00. The van der Waals surface area contributed by atoms with Crippen LogP contribution in [0.15, 0.2) is 18.2 Å². The van der Waals surface area contributed by atoms with E-state index in [0.717, 1.165) is 0 Å². The van der Waals surface area contributed by atoms with Gasteiger partial charge in [0.1, 0.15) is 17.8 Å². The third-order valence-electron chi connectivity index (χ3n) is 2.73. The minimum absolute atomic E-state index is 0.112. The van der Waals surface area contributed by atoms with Crippen molar-refractivity contribution < 1.29 is 29.6 Å². The summed E-state index contributed by atoms with van der Waals surface area (Å²) in [6, 6.07) is 3.77. The second kappa shape index (κ2) is 7.63. The maximum atomic E-state index is 11.5. The number of amides is 1. The largest absolute Gasteiger partial charge is 0.478 e. The number of carboxylic acid groups (broad SMARTS) is 1. The van der Waals surface area contributed by atoms with Gasteiger partial charge in [-0.15, -0.1) is 0 Å². The van der Waals surface area contributed by atoms with Crippen molar-refractivity contribution in [3.8, 4) is 0 Å². The summed E-state index contributed by atoms with van der Waals surface area (Å²) in [5.41, 5.74) is -0.663. The number of carbonyl (C=O) groups is 2. The molecule has 1 rings (SSSR count). The Balaban J connectivity index is 2.72. The molecular formula is C15H20ClNO6. The highest BCUT2D eigenvalue weighted by Gasteiger charge is 2.22. The molecule has 0 bridgehead atoms. The molecule has 0 heterocycles. The van der Waals surface area contributed by atoms with Crippen LogP contribution in [-0.4, -0.2) is 45.6 Å². The first-order valence-corrected chi connectivity index (χ1v) is 7.24. The number of ether oxygens (including phenoxy) is 1. The van der Waals surface area contributed by atoms with Crippen molar-refractivity contribution in [2.24, 2.45) is 0 Å². The van der Waals surface area contributed by atoms with Crippen LogP contribution in [0.3, 0.4) is 0 Å². The average molecular weight is 346 g/mol. The van der Waals surface area contributed by atoms with E-state index in [2.05, 4.69) is 5.32 Å². The van der Waals surface area contributed by atoms with E-state index in [9.17, 15) is 19.8 Å². The van der Waals surface area contributed by atoms with Crippen LogP contribution >= 0.6 is 11.6 Å². The lowest BCUT2D eigenvalue weighted by Crippen LogP contribution is -2.38. The molecule has 0 radical (unpaired) electrons. The van der Waals surface area contributed by atoms with Crippen LogP contribution in [0.1, 0.15) is 42.8 Å². The third kappa shape index (κ3) is 6.43. The van der Waals surface area contributed by atoms with Crippen LogP contribution in [-0.2, 0) is 4.74 Å². The predicted octanol–water partition coefficient (Wildman–Crippen LogP) is 1.96. The first-order valence-electron chi connectivity index (χ1n) is 6.86. The molecule has 0 spiro atoms. The van der Waals surface area contributed by atoms with Gasteiger partial charge in [-0.3, -0.25) is 0 Å². The Labute approximate surface area is 138 Å². The molecule has 0 saturated carbocycles. The number of carbonyl (C=O) groups excluding carboxylic acids is 1. The highest BCUT2D eigenvalue weighted by Crippen LogP contribution is 2.23. The van der Waals surface area contributed by atoms with Gasteiger partial charge in [-0.05, 0) is 44.5 Å². The van der Waals surface area contributed by atoms with Gasteiger partial charge in [0.05, 0.1) is 5.56 Å². The van der Waals surface area contributed by atoms with Crippen molar-refractivity contribution in [1.29, 1.82) is 0 Å². The van der Waals surface area contributed by atoms with E-state index in [1.807, 2.05) is 0 Å². The molecule has 2 unspecified atom stereocenters. The molecule has 0 fully saturated rings. The smallest absolute Gasteiger partial charge is 0.407 e. The molecule has 128 valence electrons.